The van der Waals surface area contributed by atoms with E-state index in [1.165, 1.54) is 12.8 Å². The van der Waals surface area contributed by atoms with Gasteiger partial charge in [-0.25, -0.2) is 0 Å². The van der Waals surface area contributed by atoms with Gasteiger partial charge in [0.05, 0.1) is 0 Å². The normalized spacial score (nSPS) is 17.0. The van der Waals surface area contributed by atoms with Gasteiger partial charge in [0, 0.05) is 15.7 Å². The van der Waals surface area contributed by atoms with Crippen molar-refractivity contribution in [1.29, 1.82) is 0 Å². The lowest BCUT2D eigenvalue weighted by molar-refractivity contribution is -0.134. The number of rotatable bonds is 0. The monoisotopic (exact) mass is 454 g/mol. The summed E-state index contributed by atoms with van der Waals surface area (Å²) in [6.07, 6.45) is 2.86. The molecule has 0 aromatic rings. The maximum absolute atomic E-state index is 11.5. The molecule has 0 amide bonds. The third kappa shape index (κ3) is 10.5. The zero-order chi connectivity index (χ0) is 26.1. The molecule has 2 heteroatoms. The van der Waals surface area contributed by atoms with E-state index in [1.807, 2.05) is 41.5 Å². The predicted octanol–water partition coefficient (Wildman–Crippen LogP) is 9.95. The Morgan fingerprint density at radius 3 is 0.742 bits per heavy atom. The molecule has 0 atom stereocenters. The van der Waals surface area contributed by atoms with Crippen LogP contribution in [0.25, 0.3) is 0 Å². The molecule has 0 aromatic carbocycles. The minimum atomic E-state index is -0.196. The van der Waals surface area contributed by atoms with Gasteiger partial charge in [-0.05, 0) is 39.9 Å². The smallest absolute Gasteiger partial charge is 0.143 e. The Bertz CT molecular complexity index is 508. The van der Waals surface area contributed by atoms with Crippen molar-refractivity contribution in [2.75, 3.05) is 0 Å². The number of carbonyl (C=O) groups is 1. The van der Waals surface area contributed by atoms with E-state index in [2.05, 4.69) is 83.1 Å². The molecule has 0 spiro atoms. The van der Waals surface area contributed by atoms with Gasteiger partial charge in [0.25, 0.3) is 0 Å². The molecule has 0 N–H and O–H groups in total. The summed E-state index contributed by atoms with van der Waals surface area (Å²) in [5.74, 6) is 0.319. The highest BCUT2D eigenvalue weighted by molar-refractivity contribution is 7.80. The first kappa shape index (κ1) is 32.9. The number of hydrogen-bond donors (Lipinski definition) is 0. The highest BCUT2D eigenvalue weighted by Crippen LogP contribution is 2.67. The highest BCUT2D eigenvalue weighted by Gasteiger charge is 2.58. The fourth-order valence-corrected chi connectivity index (χ4v) is 5.00. The van der Waals surface area contributed by atoms with Crippen LogP contribution in [0.1, 0.15) is 137 Å². The van der Waals surface area contributed by atoms with Crippen molar-refractivity contribution in [2.45, 2.75) is 137 Å². The second kappa shape index (κ2) is 9.94. The molecule has 1 fully saturated rings. The zero-order valence-electron chi connectivity index (χ0n) is 24.7. The van der Waals surface area contributed by atoms with E-state index in [1.54, 1.807) is 0 Å². The number of thiocarbonyl (C=S) groups is 1. The van der Waals surface area contributed by atoms with Gasteiger partial charge in [0.15, 0.2) is 0 Å². The summed E-state index contributed by atoms with van der Waals surface area (Å²) in [4.78, 5) is 12.6. The van der Waals surface area contributed by atoms with Crippen LogP contribution < -0.4 is 0 Å². The Balaban J connectivity index is 0. The van der Waals surface area contributed by atoms with E-state index in [0.717, 1.165) is 4.86 Å². The molecule has 1 saturated carbocycles. The standard InChI is InChI=1S/C11H22.C9H18O.C9H18S/c1-9(2,3)11(7-8-11)10(4,5)6;2*1-8(2,3)7(10)9(4,5)6/h7-8H2,1-6H3;2*1-6H3. The lowest BCUT2D eigenvalue weighted by atomic mass is 9.63. The molecular weight excluding hydrogens is 396 g/mol. The van der Waals surface area contributed by atoms with Gasteiger partial charge < -0.3 is 0 Å². The molecule has 0 unspecified atom stereocenters. The molecule has 1 rings (SSSR count). The topological polar surface area (TPSA) is 17.1 Å². The SMILES string of the molecule is CC(C)(C)C(=O)C(C)(C)C.CC(C)(C)C(=S)C(C)(C)C.CC(C)(C)C1(C(C)(C)C)CC1. The van der Waals surface area contributed by atoms with Crippen LogP contribution in [0.3, 0.4) is 0 Å². The Morgan fingerprint density at radius 1 is 0.516 bits per heavy atom. The lowest BCUT2D eigenvalue weighted by Crippen LogP contribution is -2.34. The first-order valence-corrected chi connectivity index (χ1v) is 12.5. The second-order valence-corrected chi connectivity index (χ2v) is 16.1. The van der Waals surface area contributed by atoms with Gasteiger partial charge in [-0.2, -0.15) is 0 Å². The molecule has 0 aromatic heterocycles. The van der Waals surface area contributed by atoms with Crippen LogP contribution in [0.4, 0.5) is 0 Å². The van der Waals surface area contributed by atoms with Crippen molar-refractivity contribution in [1.82, 2.24) is 0 Å². The minimum absolute atomic E-state index is 0.174. The van der Waals surface area contributed by atoms with Crippen molar-refractivity contribution >= 4 is 22.9 Å². The number of ketones is 1. The molecule has 0 bridgehead atoms. The Morgan fingerprint density at radius 2 is 0.742 bits per heavy atom. The largest absolute Gasteiger partial charge is 0.299 e. The van der Waals surface area contributed by atoms with Gasteiger partial charge in [0.2, 0.25) is 0 Å². The summed E-state index contributed by atoms with van der Waals surface area (Å²) in [6, 6.07) is 0. The molecular formula is C29H58OS. The summed E-state index contributed by atoms with van der Waals surface area (Å²) in [6.45, 7) is 39.0. The van der Waals surface area contributed by atoms with Crippen LogP contribution in [-0.2, 0) is 4.79 Å². The number of carbonyl (C=O) groups excluding carboxylic acids is 1. The fraction of sp³-hybridized carbons (Fsp3) is 0.931. The third-order valence-corrected chi connectivity index (χ3v) is 7.57. The summed E-state index contributed by atoms with van der Waals surface area (Å²) in [5.41, 5.74) is 1.56. The van der Waals surface area contributed by atoms with Crippen LogP contribution in [0, 0.1) is 37.9 Å². The van der Waals surface area contributed by atoms with E-state index in [-0.39, 0.29) is 21.7 Å². The lowest BCUT2D eigenvalue weighted by Gasteiger charge is -2.41. The third-order valence-electron chi connectivity index (χ3n) is 6.35. The van der Waals surface area contributed by atoms with Gasteiger partial charge in [-0.1, -0.05) is 137 Å². The van der Waals surface area contributed by atoms with E-state index in [4.69, 9.17) is 12.2 Å². The second-order valence-electron chi connectivity index (χ2n) is 15.7. The summed E-state index contributed by atoms with van der Waals surface area (Å²) in [5, 5.41) is 0. The zero-order valence-corrected chi connectivity index (χ0v) is 25.5. The average Bonchev–Trinajstić information content (AvgIpc) is 3.23. The highest BCUT2D eigenvalue weighted by atomic mass is 32.1. The molecule has 1 aliphatic rings. The Kier molecular flexibility index (Phi) is 10.6. The molecule has 186 valence electrons. The van der Waals surface area contributed by atoms with Crippen LogP contribution >= 0.6 is 12.2 Å². The summed E-state index contributed by atoms with van der Waals surface area (Å²) in [7, 11) is 0. The molecule has 0 heterocycles. The van der Waals surface area contributed by atoms with E-state index in [9.17, 15) is 4.79 Å². The average molecular weight is 455 g/mol. The maximum Gasteiger partial charge on any atom is 0.143 e. The van der Waals surface area contributed by atoms with Crippen molar-refractivity contribution in [3.63, 3.8) is 0 Å². The van der Waals surface area contributed by atoms with Crippen LogP contribution in [0.2, 0.25) is 0 Å². The van der Waals surface area contributed by atoms with Gasteiger partial charge >= 0.3 is 0 Å². The molecule has 1 nitrogen and oxygen atoms in total. The first-order valence-electron chi connectivity index (χ1n) is 12.1. The quantitative estimate of drug-likeness (QED) is 0.339. The van der Waals surface area contributed by atoms with E-state index in [0.29, 0.717) is 22.0 Å². The van der Waals surface area contributed by atoms with Crippen LogP contribution in [-0.4, -0.2) is 10.6 Å². The maximum atomic E-state index is 11.5. The number of hydrogen-bond acceptors (Lipinski definition) is 2. The van der Waals surface area contributed by atoms with Crippen LogP contribution in [0.15, 0.2) is 0 Å². The van der Waals surface area contributed by atoms with Gasteiger partial charge in [0.1, 0.15) is 5.78 Å². The molecule has 31 heavy (non-hydrogen) atoms. The Hall–Kier alpha value is -0.240. The predicted molar refractivity (Wildman–Crippen MR) is 146 cm³/mol. The minimum Gasteiger partial charge on any atom is -0.299 e. The van der Waals surface area contributed by atoms with Crippen molar-refractivity contribution in [2.24, 2.45) is 37.9 Å². The summed E-state index contributed by atoms with van der Waals surface area (Å²) >= 11 is 5.33. The summed E-state index contributed by atoms with van der Waals surface area (Å²) < 4.78 is 0. The molecule has 0 aliphatic heterocycles. The van der Waals surface area contributed by atoms with Gasteiger partial charge in [-0.15, -0.1) is 0 Å². The molecule has 0 saturated heterocycles. The van der Waals surface area contributed by atoms with E-state index < -0.39 is 0 Å². The van der Waals surface area contributed by atoms with Crippen molar-refractivity contribution < 1.29 is 4.79 Å². The molecule has 0 radical (unpaired) electrons. The fourth-order valence-electron chi connectivity index (χ4n) is 5.00. The molecule has 1 aliphatic carbocycles. The Labute approximate surface area is 202 Å². The van der Waals surface area contributed by atoms with Crippen LogP contribution in [0.5, 0.6) is 0 Å². The number of Topliss-reactive ketones (excluding diaryl/α,β-unsaturated/α-hetero) is 1. The van der Waals surface area contributed by atoms with Gasteiger partial charge in [-0.3, -0.25) is 4.79 Å². The first-order chi connectivity index (χ1) is 13.0. The van der Waals surface area contributed by atoms with E-state index >= 15 is 0 Å². The van der Waals surface area contributed by atoms with Crippen molar-refractivity contribution in [3.8, 4) is 0 Å². The van der Waals surface area contributed by atoms with Crippen molar-refractivity contribution in [3.05, 3.63) is 0 Å².